The number of fused-ring (bicyclic) bond motifs is 1. The maximum absolute atomic E-state index is 11.2. The Labute approximate surface area is 87.7 Å². The Kier molecular flexibility index (Phi) is 3.10. The fourth-order valence-corrected chi connectivity index (χ4v) is 1.49. The molecule has 0 bridgehead atoms. The summed E-state index contributed by atoms with van der Waals surface area (Å²) in [7, 11) is 0. The van der Waals surface area contributed by atoms with E-state index in [2.05, 4.69) is 0 Å². The molecule has 1 aromatic rings. The van der Waals surface area contributed by atoms with Crippen LogP contribution in [0, 0.1) is 0 Å². The van der Waals surface area contributed by atoms with Crippen LogP contribution in [0.2, 0.25) is 0 Å². The first-order chi connectivity index (χ1) is 6.20. The second-order valence-corrected chi connectivity index (χ2v) is 3.09. The van der Waals surface area contributed by atoms with Gasteiger partial charge in [0.1, 0.15) is 0 Å². The molecule has 0 fully saturated rings. The number of amides is 1. The van der Waals surface area contributed by atoms with Crippen LogP contribution in [0.1, 0.15) is 5.56 Å². The second-order valence-electron chi connectivity index (χ2n) is 3.09. The highest BCUT2D eigenvalue weighted by Crippen LogP contribution is 2.25. The van der Waals surface area contributed by atoms with Crippen molar-refractivity contribution in [1.29, 1.82) is 0 Å². The van der Waals surface area contributed by atoms with E-state index in [1.807, 2.05) is 12.1 Å². The van der Waals surface area contributed by atoms with Crippen LogP contribution in [0.5, 0.6) is 0 Å². The maximum atomic E-state index is 11.2. The molecule has 76 valence electrons. The van der Waals surface area contributed by atoms with E-state index in [1.165, 1.54) is 0 Å². The highest BCUT2D eigenvalue weighted by atomic mass is 35.5. The van der Waals surface area contributed by atoms with Crippen molar-refractivity contribution in [2.45, 2.75) is 12.5 Å². The number of carbonyl (C=O) groups is 1. The van der Waals surface area contributed by atoms with Gasteiger partial charge in [-0.1, -0.05) is 18.2 Å². The fraction of sp³-hybridized carbons (Fsp3) is 0.222. The lowest BCUT2D eigenvalue weighted by Crippen LogP contribution is -2.47. The van der Waals surface area contributed by atoms with E-state index in [0.717, 1.165) is 5.56 Å². The molecule has 5 heteroatoms. The number of nitrogens with two attached hydrogens (primary N) is 1. The van der Waals surface area contributed by atoms with Crippen molar-refractivity contribution < 1.29 is 10.0 Å². The first kappa shape index (κ1) is 11.0. The molecule has 1 aromatic carbocycles. The van der Waals surface area contributed by atoms with Gasteiger partial charge in [-0.05, 0) is 18.1 Å². The third-order valence-electron chi connectivity index (χ3n) is 2.19. The first-order valence-corrected chi connectivity index (χ1v) is 4.06. The summed E-state index contributed by atoms with van der Waals surface area (Å²) >= 11 is 0. The topological polar surface area (TPSA) is 66.6 Å². The van der Waals surface area contributed by atoms with Crippen molar-refractivity contribution in [2.24, 2.45) is 5.73 Å². The Morgan fingerprint density at radius 1 is 1.43 bits per heavy atom. The summed E-state index contributed by atoms with van der Waals surface area (Å²) in [5, 5.41) is 10.0. The van der Waals surface area contributed by atoms with Crippen LogP contribution >= 0.6 is 12.4 Å². The van der Waals surface area contributed by atoms with Crippen molar-refractivity contribution in [1.82, 2.24) is 0 Å². The number of halogens is 1. The molecule has 0 saturated heterocycles. The van der Waals surface area contributed by atoms with Crippen molar-refractivity contribution in [3.8, 4) is 0 Å². The fourth-order valence-electron chi connectivity index (χ4n) is 1.49. The summed E-state index contributed by atoms with van der Waals surface area (Å²) in [6.45, 7) is 0. The number of hydrogen-bond acceptors (Lipinski definition) is 3. The van der Waals surface area contributed by atoms with Gasteiger partial charge in [-0.3, -0.25) is 10.0 Å². The quantitative estimate of drug-likeness (QED) is 0.626. The molecule has 0 spiro atoms. The Morgan fingerprint density at radius 3 is 2.79 bits per heavy atom. The van der Waals surface area contributed by atoms with Gasteiger partial charge in [-0.2, -0.15) is 5.06 Å². The van der Waals surface area contributed by atoms with Gasteiger partial charge in [0.25, 0.3) is 5.91 Å². The molecule has 2 rings (SSSR count). The zero-order valence-electron chi connectivity index (χ0n) is 7.38. The molecular formula is C9H11ClN2O2. The summed E-state index contributed by atoms with van der Waals surface area (Å²) in [5.41, 5.74) is 6.97. The van der Waals surface area contributed by atoms with Gasteiger partial charge in [-0.25, -0.2) is 0 Å². The minimum absolute atomic E-state index is 0. The maximum Gasteiger partial charge on any atom is 0.267 e. The average Bonchev–Trinajstić information content (AvgIpc) is 2.15. The van der Waals surface area contributed by atoms with Crippen molar-refractivity contribution in [3.63, 3.8) is 0 Å². The van der Waals surface area contributed by atoms with E-state index >= 15 is 0 Å². The minimum atomic E-state index is -0.625. The molecule has 1 aliphatic heterocycles. The molecule has 0 radical (unpaired) electrons. The number of hydrogen-bond donors (Lipinski definition) is 2. The molecule has 1 amide bonds. The third kappa shape index (κ3) is 1.59. The van der Waals surface area contributed by atoms with E-state index in [9.17, 15) is 10.0 Å². The SMILES string of the molecule is Cl.N[C@@H]1Cc2ccccc2N(O)C1=O. The predicted molar refractivity (Wildman–Crippen MR) is 54.6 cm³/mol. The van der Waals surface area contributed by atoms with Gasteiger partial charge in [-0.15, -0.1) is 12.4 Å². The highest BCUT2D eigenvalue weighted by molar-refractivity contribution is 5.97. The number of hydroxylamine groups is 1. The molecule has 3 N–H and O–H groups in total. The number of anilines is 1. The number of carbonyl (C=O) groups excluding carboxylic acids is 1. The Hall–Kier alpha value is -1.10. The lowest BCUT2D eigenvalue weighted by Gasteiger charge is -2.27. The molecule has 0 aliphatic carbocycles. The highest BCUT2D eigenvalue weighted by Gasteiger charge is 2.28. The summed E-state index contributed by atoms with van der Waals surface area (Å²) < 4.78 is 0. The van der Waals surface area contributed by atoms with Crippen LogP contribution in [0.3, 0.4) is 0 Å². The lowest BCUT2D eigenvalue weighted by atomic mass is 9.99. The van der Waals surface area contributed by atoms with Gasteiger partial charge in [0.2, 0.25) is 0 Å². The Bertz CT molecular complexity index is 356. The van der Waals surface area contributed by atoms with Crippen LogP contribution in [0.4, 0.5) is 5.69 Å². The van der Waals surface area contributed by atoms with Crippen LogP contribution in [-0.2, 0) is 11.2 Å². The molecule has 1 aliphatic rings. The van der Waals surface area contributed by atoms with E-state index in [-0.39, 0.29) is 12.4 Å². The minimum Gasteiger partial charge on any atom is -0.320 e. The zero-order chi connectivity index (χ0) is 9.42. The van der Waals surface area contributed by atoms with Crippen molar-refractivity contribution in [3.05, 3.63) is 29.8 Å². The monoisotopic (exact) mass is 214 g/mol. The Balaban J connectivity index is 0.000000980. The second kappa shape index (κ2) is 3.96. The van der Waals surface area contributed by atoms with Gasteiger partial charge >= 0.3 is 0 Å². The van der Waals surface area contributed by atoms with Gasteiger partial charge < -0.3 is 5.73 Å². The van der Waals surface area contributed by atoms with Crippen LogP contribution < -0.4 is 10.8 Å². The predicted octanol–water partition coefficient (Wildman–Crippen LogP) is 0.714. The van der Waals surface area contributed by atoms with E-state index in [0.29, 0.717) is 17.2 Å². The standard InChI is InChI=1S/C9H10N2O2.ClH/c10-7-5-6-3-1-2-4-8(6)11(13)9(7)12;/h1-4,7,13H,5,10H2;1H/t7-;/m1./s1. The number of para-hydroxylation sites is 1. The number of nitrogens with zero attached hydrogens (tertiary/aromatic N) is 1. The van der Waals surface area contributed by atoms with E-state index < -0.39 is 11.9 Å². The summed E-state index contributed by atoms with van der Waals surface area (Å²) in [4.78, 5) is 11.2. The molecule has 1 heterocycles. The molecule has 14 heavy (non-hydrogen) atoms. The zero-order valence-corrected chi connectivity index (χ0v) is 8.20. The normalized spacial score (nSPS) is 20.0. The van der Waals surface area contributed by atoms with Crippen LogP contribution in [-0.4, -0.2) is 17.2 Å². The van der Waals surface area contributed by atoms with Crippen molar-refractivity contribution >= 4 is 24.0 Å². The van der Waals surface area contributed by atoms with E-state index in [1.54, 1.807) is 12.1 Å². The number of benzene rings is 1. The molecular weight excluding hydrogens is 204 g/mol. The van der Waals surface area contributed by atoms with Gasteiger partial charge in [0.05, 0.1) is 11.7 Å². The average molecular weight is 215 g/mol. The smallest absolute Gasteiger partial charge is 0.267 e. The van der Waals surface area contributed by atoms with Crippen LogP contribution in [0.15, 0.2) is 24.3 Å². The van der Waals surface area contributed by atoms with Gasteiger partial charge in [0, 0.05) is 0 Å². The molecule has 4 nitrogen and oxygen atoms in total. The Morgan fingerprint density at radius 2 is 2.07 bits per heavy atom. The summed E-state index contributed by atoms with van der Waals surface area (Å²) in [6.07, 6.45) is 0.492. The summed E-state index contributed by atoms with van der Waals surface area (Å²) in [6, 6.07) is 6.55. The largest absolute Gasteiger partial charge is 0.320 e. The molecule has 1 atom stereocenters. The first-order valence-electron chi connectivity index (χ1n) is 4.06. The lowest BCUT2D eigenvalue weighted by molar-refractivity contribution is -0.125. The van der Waals surface area contributed by atoms with E-state index in [4.69, 9.17) is 5.73 Å². The van der Waals surface area contributed by atoms with Crippen LogP contribution in [0.25, 0.3) is 0 Å². The molecule has 0 saturated carbocycles. The molecule has 0 unspecified atom stereocenters. The summed E-state index contributed by atoms with van der Waals surface area (Å²) in [5.74, 6) is -0.446. The number of rotatable bonds is 0. The third-order valence-corrected chi connectivity index (χ3v) is 2.19. The van der Waals surface area contributed by atoms with Gasteiger partial charge in [0.15, 0.2) is 0 Å². The van der Waals surface area contributed by atoms with Crippen molar-refractivity contribution in [2.75, 3.05) is 5.06 Å². The molecule has 0 aromatic heterocycles.